The predicted octanol–water partition coefficient (Wildman–Crippen LogP) is 3.06. The first-order chi connectivity index (χ1) is 6.69. The van der Waals surface area contributed by atoms with Gasteiger partial charge in [-0.15, -0.1) is 35.8 Å². The maximum absolute atomic E-state index is 11.1. The SMILES string of the molecule is O=C(CCl)Cc1cccc(CCl)c1S. The minimum atomic E-state index is -0.00584. The lowest BCUT2D eigenvalue weighted by molar-refractivity contribution is -0.116. The van der Waals surface area contributed by atoms with Crippen molar-refractivity contribution in [3.05, 3.63) is 29.3 Å². The minimum absolute atomic E-state index is 0.00584. The third kappa shape index (κ3) is 2.91. The summed E-state index contributed by atoms with van der Waals surface area (Å²) < 4.78 is 0. The number of rotatable bonds is 4. The molecule has 0 amide bonds. The standard InChI is InChI=1S/C10H10Cl2OS/c11-5-8-3-1-2-7(10(8)14)4-9(13)6-12/h1-3,14H,4-6H2. The van der Waals surface area contributed by atoms with Crippen LogP contribution in [0.25, 0.3) is 0 Å². The number of halogens is 2. The highest BCUT2D eigenvalue weighted by Crippen LogP contribution is 2.21. The van der Waals surface area contributed by atoms with Crippen LogP contribution in [0, 0.1) is 0 Å². The summed E-state index contributed by atoms with van der Waals surface area (Å²) in [7, 11) is 0. The number of thiol groups is 1. The monoisotopic (exact) mass is 248 g/mol. The Kier molecular flexibility index (Phi) is 4.79. The van der Waals surface area contributed by atoms with Crippen molar-refractivity contribution in [2.75, 3.05) is 5.88 Å². The van der Waals surface area contributed by atoms with Gasteiger partial charge in [-0.25, -0.2) is 0 Å². The van der Waals surface area contributed by atoms with E-state index in [1.165, 1.54) is 0 Å². The number of benzene rings is 1. The van der Waals surface area contributed by atoms with E-state index >= 15 is 0 Å². The van der Waals surface area contributed by atoms with Crippen molar-refractivity contribution in [3.63, 3.8) is 0 Å². The molecule has 14 heavy (non-hydrogen) atoms. The van der Waals surface area contributed by atoms with Gasteiger partial charge in [0.2, 0.25) is 0 Å². The average Bonchev–Trinajstić information content (AvgIpc) is 2.21. The van der Waals surface area contributed by atoms with Crippen LogP contribution in [0.15, 0.2) is 23.1 Å². The number of ketones is 1. The maximum atomic E-state index is 11.1. The van der Waals surface area contributed by atoms with Crippen LogP contribution in [-0.2, 0) is 17.1 Å². The van der Waals surface area contributed by atoms with E-state index in [0.29, 0.717) is 12.3 Å². The molecule has 1 nitrogen and oxygen atoms in total. The van der Waals surface area contributed by atoms with Crippen molar-refractivity contribution < 1.29 is 4.79 Å². The fraction of sp³-hybridized carbons (Fsp3) is 0.300. The summed E-state index contributed by atoms with van der Waals surface area (Å²) in [6, 6.07) is 5.63. The van der Waals surface area contributed by atoms with Gasteiger partial charge < -0.3 is 0 Å². The van der Waals surface area contributed by atoms with Gasteiger partial charge in [0.25, 0.3) is 0 Å². The van der Waals surface area contributed by atoms with E-state index in [1.54, 1.807) is 0 Å². The predicted molar refractivity (Wildman–Crippen MR) is 62.7 cm³/mol. The third-order valence-corrected chi connectivity index (χ3v) is 3.04. The van der Waals surface area contributed by atoms with E-state index in [2.05, 4.69) is 12.6 Å². The number of alkyl halides is 2. The molecule has 0 fully saturated rings. The molecule has 0 radical (unpaired) electrons. The number of Topliss-reactive ketones (excluding diaryl/α,β-unsaturated/α-hetero) is 1. The molecule has 0 saturated heterocycles. The van der Waals surface area contributed by atoms with Gasteiger partial charge in [-0.1, -0.05) is 18.2 Å². The van der Waals surface area contributed by atoms with Gasteiger partial charge in [0, 0.05) is 17.2 Å². The first-order valence-corrected chi connectivity index (χ1v) is 5.64. The summed E-state index contributed by atoms with van der Waals surface area (Å²) in [5.41, 5.74) is 1.83. The average molecular weight is 249 g/mol. The quantitative estimate of drug-likeness (QED) is 0.641. The van der Waals surface area contributed by atoms with Crippen LogP contribution in [0.2, 0.25) is 0 Å². The van der Waals surface area contributed by atoms with E-state index in [4.69, 9.17) is 23.2 Å². The van der Waals surface area contributed by atoms with Crippen molar-refractivity contribution in [2.24, 2.45) is 0 Å². The summed E-state index contributed by atoms with van der Waals surface area (Å²) in [5, 5.41) is 0. The van der Waals surface area contributed by atoms with Crippen molar-refractivity contribution >= 4 is 41.6 Å². The summed E-state index contributed by atoms with van der Waals surface area (Å²) in [4.78, 5) is 11.9. The van der Waals surface area contributed by atoms with Crippen LogP contribution in [-0.4, -0.2) is 11.7 Å². The highest BCUT2D eigenvalue weighted by Gasteiger charge is 2.07. The lowest BCUT2D eigenvalue weighted by Crippen LogP contribution is -2.05. The molecule has 4 heteroatoms. The molecule has 0 saturated carbocycles. The molecular weight excluding hydrogens is 239 g/mol. The van der Waals surface area contributed by atoms with E-state index in [-0.39, 0.29) is 11.7 Å². The summed E-state index contributed by atoms with van der Waals surface area (Å²) in [6.45, 7) is 0. The minimum Gasteiger partial charge on any atom is -0.298 e. The number of carbonyl (C=O) groups excluding carboxylic acids is 1. The molecule has 0 bridgehead atoms. The molecule has 1 aromatic rings. The van der Waals surface area contributed by atoms with Crippen molar-refractivity contribution in [1.82, 2.24) is 0 Å². The highest BCUT2D eigenvalue weighted by molar-refractivity contribution is 7.80. The molecule has 0 atom stereocenters. The van der Waals surface area contributed by atoms with Gasteiger partial charge in [0.15, 0.2) is 5.78 Å². The van der Waals surface area contributed by atoms with E-state index < -0.39 is 0 Å². The Balaban J connectivity index is 2.92. The second-order valence-electron chi connectivity index (χ2n) is 2.91. The van der Waals surface area contributed by atoms with Gasteiger partial charge in [-0.05, 0) is 11.1 Å². The topological polar surface area (TPSA) is 17.1 Å². The van der Waals surface area contributed by atoms with E-state index in [0.717, 1.165) is 16.0 Å². The van der Waals surface area contributed by atoms with E-state index in [9.17, 15) is 4.79 Å². The molecule has 0 aliphatic carbocycles. The Morgan fingerprint density at radius 1 is 1.29 bits per heavy atom. The normalized spacial score (nSPS) is 10.2. The molecule has 0 heterocycles. The first-order valence-electron chi connectivity index (χ1n) is 4.12. The van der Waals surface area contributed by atoms with Crippen molar-refractivity contribution in [1.29, 1.82) is 0 Å². The van der Waals surface area contributed by atoms with Gasteiger partial charge in [-0.3, -0.25) is 4.79 Å². The van der Waals surface area contributed by atoms with Gasteiger partial charge >= 0.3 is 0 Å². The van der Waals surface area contributed by atoms with Crippen molar-refractivity contribution in [2.45, 2.75) is 17.2 Å². The lowest BCUT2D eigenvalue weighted by atomic mass is 10.1. The number of hydrogen-bond donors (Lipinski definition) is 1. The summed E-state index contributed by atoms with van der Waals surface area (Å²) >= 11 is 15.5. The Hall–Kier alpha value is -0.180. The number of hydrogen-bond acceptors (Lipinski definition) is 2. The highest BCUT2D eigenvalue weighted by atomic mass is 35.5. The smallest absolute Gasteiger partial charge is 0.151 e. The molecule has 0 aromatic heterocycles. The zero-order chi connectivity index (χ0) is 10.6. The summed E-state index contributed by atoms with van der Waals surface area (Å²) in [5.74, 6) is 0.439. The Morgan fingerprint density at radius 3 is 2.50 bits per heavy atom. The summed E-state index contributed by atoms with van der Waals surface area (Å²) in [6.07, 6.45) is 0.326. The molecular formula is C10H10Cl2OS. The molecule has 76 valence electrons. The van der Waals surface area contributed by atoms with E-state index in [1.807, 2.05) is 18.2 Å². The Labute approximate surface area is 98.8 Å². The second-order valence-corrected chi connectivity index (χ2v) is 3.89. The van der Waals surface area contributed by atoms with Crippen LogP contribution in [0.5, 0.6) is 0 Å². The van der Waals surface area contributed by atoms with Gasteiger partial charge in [0.1, 0.15) is 0 Å². The number of carbonyl (C=O) groups is 1. The molecule has 0 aliphatic rings. The van der Waals surface area contributed by atoms with Crippen LogP contribution in [0.4, 0.5) is 0 Å². The zero-order valence-electron chi connectivity index (χ0n) is 7.46. The first kappa shape index (κ1) is 11.9. The molecule has 0 N–H and O–H groups in total. The molecule has 1 rings (SSSR count). The largest absolute Gasteiger partial charge is 0.298 e. The maximum Gasteiger partial charge on any atom is 0.151 e. The van der Waals surface area contributed by atoms with Gasteiger partial charge in [0.05, 0.1) is 5.88 Å². The van der Waals surface area contributed by atoms with Crippen LogP contribution < -0.4 is 0 Å². The zero-order valence-corrected chi connectivity index (χ0v) is 9.87. The third-order valence-electron chi connectivity index (χ3n) is 1.88. The van der Waals surface area contributed by atoms with Crippen LogP contribution >= 0.6 is 35.8 Å². The second kappa shape index (κ2) is 5.64. The van der Waals surface area contributed by atoms with Crippen molar-refractivity contribution in [3.8, 4) is 0 Å². The van der Waals surface area contributed by atoms with Crippen LogP contribution in [0.3, 0.4) is 0 Å². The molecule has 0 spiro atoms. The Morgan fingerprint density at radius 2 is 1.93 bits per heavy atom. The van der Waals surface area contributed by atoms with Gasteiger partial charge in [-0.2, -0.15) is 0 Å². The lowest BCUT2D eigenvalue weighted by Gasteiger charge is -2.06. The molecule has 0 aliphatic heterocycles. The fourth-order valence-corrected chi connectivity index (χ4v) is 1.87. The molecule has 0 unspecified atom stereocenters. The van der Waals surface area contributed by atoms with Crippen LogP contribution in [0.1, 0.15) is 11.1 Å². The fourth-order valence-electron chi connectivity index (χ4n) is 1.15. The molecule has 1 aromatic carbocycles. The Bertz CT molecular complexity index is 339.